The highest BCUT2D eigenvalue weighted by molar-refractivity contribution is 4.88. The number of hydrogen-bond acceptors (Lipinski definition) is 5. The Kier molecular flexibility index (Phi) is 14.8. The molecule has 5 heterocycles. The van der Waals surface area contributed by atoms with Crippen LogP contribution in [0.2, 0.25) is 0 Å². The van der Waals surface area contributed by atoms with E-state index in [9.17, 15) is 0 Å². The zero-order valence-corrected chi connectivity index (χ0v) is 18.1. The lowest BCUT2D eigenvalue weighted by atomic mass is 10.7. The first-order valence-corrected chi connectivity index (χ1v) is 9.10. The Bertz CT molecular complexity index is 733. The van der Waals surface area contributed by atoms with Gasteiger partial charge in [0, 0.05) is 84.8 Å². The van der Waals surface area contributed by atoms with E-state index < -0.39 is 0 Å². The molecule has 5 aromatic rings. The third kappa shape index (κ3) is 15.6. The summed E-state index contributed by atoms with van der Waals surface area (Å²) in [4.78, 5) is 11.2. The van der Waals surface area contributed by atoms with Crippen LogP contribution in [0.3, 0.4) is 0 Å². The zero-order valence-electron chi connectivity index (χ0n) is 18.1. The van der Waals surface area contributed by atoms with Crippen molar-refractivity contribution < 1.29 is 0 Å². The standard InChI is InChI=1S/C5H7N.3C4H6N2.C3H5N3.CH4/c1-6-4-2-3-5-6;2*1-6-3-2-5-4-6;1-6-4-2-3-5-6;1-6-3-4-2-5-6;/h2-5H,1H3;3*2-4H,1H3;2-3H,1H3;1H4. The number of aryl methyl sites for hydroxylation is 5. The monoisotopic (exact) mass is 426 g/mol. The van der Waals surface area contributed by atoms with Gasteiger partial charge in [-0.3, -0.25) is 9.36 Å². The third-order valence-electron chi connectivity index (χ3n) is 3.20. The minimum atomic E-state index is 0. The molecule has 0 saturated carbocycles. The molecule has 0 fully saturated rings. The third-order valence-corrected chi connectivity index (χ3v) is 3.20. The van der Waals surface area contributed by atoms with Crippen LogP contribution >= 0.6 is 0 Å². The van der Waals surface area contributed by atoms with Gasteiger partial charge in [0.1, 0.15) is 12.7 Å². The first-order valence-electron chi connectivity index (χ1n) is 9.10. The molecule has 31 heavy (non-hydrogen) atoms. The Hall–Kier alpha value is -3.95. The molecule has 0 saturated heterocycles. The Labute approximate surface area is 184 Å². The molecule has 0 amide bonds. The quantitative estimate of drug-likeness (QED) is 0.380. The molecule has 0 unspecified atom stereocenters. The smallest absolute Gasteiger partial charge is 0.137 e. The summed E-state index contributed by atoms with van der Waals surface area (Å²) >= 11 is 0. The van der Waals surface area contributed by atoms with Gasteiger partial charge in [-0.05, 0) is 18.2 Å². The normalized spacial score (nSPS) is 8.55. The molecule has 0 radical (unpaired) electrons. The maximum absolute atomic E-state index is 3.83. The second-order valence-corrected chi connectivity index (χ2v) is 6.05. The number of hydrogen-bond donors (Lipinski definition) is 0. The van der Waals surface area contributed by atoms with E-state index >= 15 is 0 Å². The van der Waals surface area contributed by atoms with E-state index in [4.69, 9.17) is 0 Å². The fourth-order valence-corrected chi connectivity index (χ4v) is 1.68. The van der Waals surface area contributed by atoms with Crippen molar-refractivity contribution >= 4 is 0 Å². The Balaban J connectivity index is 0.000000360. The molecule has 0 aliphatic carbocycles. The van der Waals surface area contributed by atoms with Gasteiger partial charge < -0.3 is 13.7 Å². The molecule has 0 aliphatic rings. The zero-order chi connectivity index (χ0) is 22.0. The molecule has 0 spiro atoms. The predicted molar refractivity (Wildman–Crippen MR) is 123 cm³/mol. The van der Waals surface area contributed by atoms with Crippen molar-refractivity contribution in [1.29, 1.82) is 0 Å². The van der Waals surface area contributed by atoms with E-state index in [0.717, 1.165) is 0 Å². The SMILES string of the molecule is C.Cn1cccc1.Cn1cccn1.Cn1ccnc1.Cn1ccnc1.Cn1cncn1. The molecule has 0 bridgehead atoms. The summed E-state index contributed by atoms with van der Waals surface area (Å²) in [6.07, 6.45) is 21.6. The summed E-state index contributed by atoms with van der Waals surface area (Å²) in [6, 6.07) is 5.89. The first-order chi connectivity index (χ1) is 14.5. The molecular formula is C21H34N10. The van der Waals surface area contributed by atoms with Gasteiger partial charge in [0.2, 0.25) is 0 Å². The van der Waals surface area contributed by atoms with Crippen LogP contribution in [0.1, 0.15) is 7.43 Å². The fraction of sp³-hybridized carbons (Fsp3) is 0.286. The second kappa shape index (κ2) is 17.0. The van der Waals surface area contributed by atoms with Gasteiger partial charge in [0.15, 0.2) is 0 Å². The van der Waals surface area contributed by atoms with Gasteiger partial charge in [0.25, 0.3) is 0 Å². The summed E-state index contributed by atoms with van der Waals surface area (Å²) < 4.78 is 9.17. The van der Waals surface area contributed by atoms with Gasteiger partial charge in [0.05, 0.1) is 12.7 Å². The molecule has 10 nitrogen and oxygen atoms in total. The van der Waals surface area contributed by atoms with Crippen LogP contribution in [0.25, 0.3) is 0 Å². The summed E-state index contributed by atoms with van der Waals surface area (Å²) in [6.45, 7) is 0. The van der Waals surface area contributed by atoms with Crippen LogP contribution in [0, 0.1) is 0 Å². The largest absolute Gasteiger partial charge is 0.357 e. The molecule has 0 aliphatic heterocycles. The van der Waals surface area contributed by atoms with Crippen LogP contribution in [0.15, 0.2) is 93.1 Å². The van der Waals surface area contributed by atoms with E-state index in [1.54, 1.807) is 46.9 Å². The van der Waals surface area contributed by atoms with Gasteiger partial charge >= 0.3 is 0 Å². The highest BCUT2D eigenvalue weighted by Crippen LogP contribution is 1.80. The van der Waals surface area contributed by atoms with Gasteiger partial charge in [-0.2, -0.15) is 10.2 Å². The topological polar surface area (TPSA) is 89.1 Å². The molecule has 168 valence electrons. The molecule has 5 aromatic heterocycles. The van der Waals surface area contributed by atoms with E-state index in [1.165, 1.54) is 6.33 Å². The average molecular weight is 427 g/mol. The van der Waals surface area contributed by atoms with Crippen LogP contribution < -0.4 is 0 Å². The van der Waals surface area contributed by atoms with Crippen molar-refractivity contribution in [3.05, 3.63) is 93.1 Å². The number of aromatic nitrogens is 10. The maximum atomic E-state index is 3.83. The summed E-state index contributed by atoms with van der Waals surface area (Å²) in [5.41, 5.74) is 0. The molecule has 5 rings (SSSR count). The first kappa shape index (κ1) is 27.0. The van der Waals surface area contributed by atoms with Crippen molar-refractivity contribution in [2.24, 2.45) is 35.2 Å². The van der Waals surface area contributed by atoms with E-state index in [-0.39, 0.29) is 7.43 Å². The molecular weight excluding hydrogens is 392 g/mol. The van der Waals surface area contributed by atoms with Gasteiger partial charge in [-0.25, -0.2) is 15.0 Å². The molecule has 0 N–H and O–H groups in total. The highest BCUT2D eigenvalue weighted by atomic mass is 15.3. The summed E-state index contributed by atoms with van der Waals surface area (Å²) in [7, 11) is 9.59. The minimum Gasteiger partial charge on any atom is -0.357 e. The lowest BCUT2D eigenvalue weighted by Gasteiger charge is -1.79. The van der Waals surface area contributed by atoms with Crippen LogP contribution in [0.4, 0.5) is 0 Å². The fourth-order valence-electron chi connectivity index (χ4n) is 1.68. The Morgan fingerprint density at radius 1 is 0.484 bits per heavy atom. The van der Waals surface area contributed by atoms with E-state index in [2.05, 4.69) is 25.1 Å². The van der Waals surface area contributed by atoms with Gasteiger partial charge in [-0.1, -0.05) is 7.43 Å². The van der Waals surface area contributed by atoms with E-state index in [0.29, 0.717) is 0 Å². The summed E-state index contributed by atoms with van der Waals surface area (Å²) in [5, 5.41) is 7.56. The molecule has 0 atom stereocenters. The van der Waals surface area contributed by atoms with Crippen LogP contribution in [-0.4, -0.2) is 48.2 Å². The maximum Gasteiger partial charge on any atom is 0.137 e. The number of rotatable bonds is 0. The lowest BCUT2D eigenvalue weighted by molar-refractivity contribution is 0.765. The van der Waals surface area contributed by atoms with Gasteiger partial charge in [-0.15, -0.1) is 0 Å². The Morgan fingerprint density at radius 2 is 1.06 bits per heavy atom. The average Bonchev–Trinajstić information content (AvgIpc) is 3.50. The van der Waals surface area contributed by atoms with Crippen LogP contribution in [0.5, 0.6) is 0 Å². The van der Waals surface area contributed by atoms with Crippen molar-refractivity contribution in [1.82, 2.24) is 48.2 Å². The van der Waals surface area contributed by atoms with Crippen molar-refractivity contribution in [3.63, 3.8) is 0 Å². The van der Waals surface area contributed by atoms with Crippen LogP contribution in [-0.2, 0) is 35.2 Å². The second-order valence-electron chi connectivity index (χ2n) is 6.05. The van der Waals surface area contributed by atoms with Crippen molar-refractivity contribution in [3.8, 4) is 0 Å². The lowest BCUT2D eigenvalue weighted by Crippen LogP contribution is -1.83. The van der Waals surface area contributed by atoms with Crippen molar-refractivity contribution in [2.45, 2.75) is 7.43 Å². The predicted octanol–water partition coefficient (Wildman–Crippen LogP) is 2.74. The van der Waals surface area contributed by atoms with Crippen molar-refractivity contribution in [2.75, 3.05) is 0 Å². The Morgan fingerprint density at radius 3 is 1.19 bits per heavy atom. The number of nitrogens with zero attached hydrogens (tertiary/aromatic N) is 10. The number of imidazole rings is 2. The van der Waals surface area contributed by atoms with E-state index in [1.807, 2.05) is 98.1 Å². The minimum absolute atomic E-state index is 0. The highest BCUT2D eigenvalue weighted by Gasteiger charge is 1.71. The molecule has 10 heteroatoms. The summed E-state index contributed by atoms with van der Waals surface area (Å²) in [5.74, 6) is 0. The molecule has 0 aromatic carbocycles.